The fourth-order valence-electron chi connectivity index (χ4n) is 0.842. The molecular formula is C8H6NO4-. The molecule has 0 saturated heterocycles. The highest BCUT2D eigenvalue weighted by Crippen LogP contribution is 2.16. The van der Waals surface area contributed by atoms with Crippen LogP contribution in [0.1, 0.15) is 10.4 Å². The van der Waals surface area contributed by atoms with Crippen LogP contribution in [0.15, 0.2) is 18.2 Å². The van der Waals surface area contributed by atoms with Gasteiger partial charge in [-0.1, -0.05) is 11.8 Å². The fraction of sp³-hybridized carbons (Fsp3) is 0. The van der Waals surface area contributed by atoms with Crippen LogP contribution in [-0.2, 0) is 0 Å². The Morgan fingerprint density at radius 1 is 1.54 bits per heavy atom. The summed E-state index contributed by atoms with van der Waals surface area (Å²) in [5.74, 6) is -0.425. The Morgan fingerprint density at radius 3 is 2.77 bits per heavy atom. The smallest absolute Gasteiger partial charge is 0.409 e. The minimum absolute atomic E-state index is 0.0637. The van der Waals surface area contributed by atoms with Gasteiger partial charge >= 0.3 is 6.09 Å². The van der Waals surface area contributed by atoms with Crippen LogP contribution in [0.4, 0.5) is 10.5 Å². The number of benzene rings is 1. The molecule has 1 amide bonds. The second kappa shape index (κ2) is 3.57. The molecular weight excluding hydrogens is 174 g/mol. The standard InChI is InChI=1S/C8H7NO4/c10-4-5-3-6(9-8(12)13)1-2-7(5)11/h1-4,9,11H,(H,12,13)/p-1. The van der Waals surface area contributed by atoms with E-state index in [1.54, 1.807) is 0 Å². The van der Waals surface area contributed by atoms with E-state index in [0.29, 0.717) is 6.29 Å². The van der Waals surface area contributed by atoms with Crippen LogP contribution >= 0.6 is 0 Å². The minimum atomic E-state index is -1.24. The van der Waals surface area contributed by atoms with Crippen molar-refractivity contribution < 1.29 is 19.8 Å². The second-order valence-corrected chi connectivity index (χ2v) is 2.30. The number of rotatable bonds is 2. The van der Waals surface area contributed by atoms with E-state index in [9.17, 15) is 14.7 Å². The average Bonchev–Trinajstić information content (AvgIpc) is 2.07. The first kappa shape index (κ1) is 9.05. The van der Waals surface area contributed by atoms with Gasteiger partial charge in [-0.3, -0.25) is 10.1 Å². The van der Waals surface area contributed by atoms with Crippen molar-refractivity contribution in [1.82, 2.24) is 0 Å². The number of aldehydes is 1. The van der Waals surface area contributed by atoms with Crippen molar-refractivity contribution in [2.24, 2.45) is 0 Å². The molecule has 0 saturated carbocycles. The number of carboxylic acid groups (broad SMARTS) is 1. The highest BCUT2D eigenvalue weighted by atomic mass is 16.4. The second-order valence-electron chi connectivity index (χ2n) is 2.30. The lowest BCUT2D eigenvalue weighted by molar-refractivity contribution is -0.268. The Kier molecular flexibility index (Phi) is 2.49. The zero-order valence-electron chi connectivity index (χ0n) is 6.48. The molecule has 0 aliphatic carbocycles. The lowest BCUT2D eigenvalue weighted by Gasteiger charge is -2.09. The molecule has 0 radical (unpaired) electrons. The summed E-state index contributed by atoms with van der Waals surface area (Å²) in [6.07, 6.45) is -0.856. The molecule has 13 heavy (non-hydrogen) atoms. The van der Waals surface area contributed by atoms with Gasteiger partial charge in [-0.25, -0.2) is 4.79 Å². The van der Waals surface area contributed by atoms with E-state index in [4.69, 9.17) is 5.11 Å². The fourth-order valence-corrected chi connectivity index (χ4v) is 0.842. The summed E-state index contributed by atoms with van der Waals surface area (Å²) in [6, 6.07) is 3.61. The van der Waals surface area contributed by atoms with Crippen molar-refractivity contribution in [3.8, 4) is 5.75 Å². The third kappa shape index (κ3) is 2.19. The van der Waals surface area contributed by atoms with Crippen molar-refractivity contribution >= 4 is 18.1 Å². The molecule has 0 bridgehead atoms. The number of hydrogen-bond acceptors (Lipinski definition) is 3. The van der Waals surface area contributed by atoms with Gasteiger partial charge in [0.25, 0.3) is 0 Å². The summed E-state index contributed by atoms with van der Waals surface area (Å²) in [6.45, 7) is 0. The summed E-state index contributed by atoms with van der Waals surface area (Å²) >= 11 is 0. The summed E-state index contributed by atoms with van der Waals surface area (Å²) in [7, 11) is 0. The molecule has 1 rings (SSSR count). The molecule has 1 aromatic rings. The van der Waals surface area contributed by atoms with Gasteiger partial charge in [-0.05, 0) is 12.1 Å². The summed E-state index contributed by atoms with van der Waals surface area (Å²) in [5, 5.41) is 21.2. The predicted molar refractivity (Wildman–Crippen MR) is 42.9 cm³/mol. The van der Waals surface area contributed by atoms with Crippen LogP contribution in [-0.4, -0.2) is 17.5 Å². The molecule has 5 heteroatoms. The van der Waals surface area contributed by atoms with Gasteiger partial charge in [0.05, 0.1) is 0 Å². The van der Waals surface area contributed by atoms with Crippen LogP contribution in [0.2, 0.25) is 0 Å². The Morgan fingerprint density at radius 2 is 2.23 bits per heavy atom. The largest absolute Gasteiger partial charge is 0.872 e. The molecule has 0 unspecified atom stereocenters. The zero-order valence-corrected chi connectivity index (χ0v) is 6.48. The first-order valence-corrected chi connectivity index (χ1v) is 3.39. The first-order chi connectivity index (χ1) is 6.13. The maximum atomic E-state index is 10.9. The van der Waals surface area contributed by atoms with Crippen LogP contribution < -0.4 is 10.4 Å². The normalized spacial score (nSPS) is 9.23. The van der Waals surface area contributed by atoms with Gasteiger partial charge in [-0.15, -0.1) is 0 Å². The van der Waals surface area contributed by atoms with Gasteiger partial charge < -0.3 is 10.2 Å². The van der Waals surface area contributed by atoms with E-state index >= 15 is 0 Å². The van der Waals surface area contributed by atoms with E-state index in [0.717, 1.165) is 6.07 Å². The maximum absolute atomic E-state index is 10.9. The number of carbonyl (C=O) groups excluding carboxylic acids is 1. The Labute approximate surface area is 73.6 Å². The maximum Gasteiger partial charge on any atom is 0.409 e. The van der Waals surface area contributed by atoms with Crippen LogP contribution in [0.5, 0.6) is 5.75 Å². The molecule has 5 nitrogen and oxygen atoms in total. The van der Waals surface area contributed by atoms with Crippen molar-refractivity contribution in [3.63, 3.8) is 0 Å². The summed E-state index contributed by atoms with van der Waals surface area (Å²) in [5.41, 5.74) is 0.139. The van der Waals surface area contributed by atoms with E-state index in [-0.39, 0.29) is 11.3 Å². The lowest BCUT2D eigenvalue weighted by atomic mass is 10.2. The quantitative estimate of drug-likeness (QED) is 0.654. The van der Waals surface area contributed by atoms with Crippen LogP contribution in [0, 0.1) is 0 Å². The van der Waals surface area contributed by atoms with Gasteiger partial charge in [0, 0.05) is 11.3 Å². The van der Waals surface area contributed by atoms with Gasteiger partial charge in [0.1, 0.15) is 6.29 Å². The Balaban J connectivity index is 2.99. The number of nitrogens with one attached hydrogen (secondary N) is 1. The molecule has 0 aromatic heterocycles. The molecule has 0 heterocycles. The lowest BCUT2D eigenvalue weighted by Crippen LogP contribution is -2.08. The summed E-state index contributed by atoms with van der Waals surface area (Å²) < 4.78 is 0. The van der Waals surface area contributed by atoms with E-state index < -0.39 is 11.8 Å². The average molecular weight is 180 g/mol. The van der Waals surface area contributed by atoms with Gasteiger partial charge in [0.2, 0.25) is 0 Å². The van der Waals surface area contributed by atoms with Crippen molar-refractivity contribution in [2.75, 3.05) is 5.32 Å². The van der Waals surface area contributed by atoms with Gasteiger partial charge in [0.15, 0.2) is 0 Å². The molecule has 2 N–H and O–H groups in total. The van der Waals surface area contributed by atoms with E-state index in [1.165, 1.54) is 12.1 Å². The third-order valence-corrected chi connectivity index (χ3v) is 1.39. The van der Waals surface area contributed by atoms with Crippen LogP contribution in [0.3, 0.4) is 0 Å². The molecule has 68 valence electrons. The first-order valence-electron chi connectivity index (χ1n) is 3.39. The van der Waals surface area contributed by atoms with Crippen molar-refractivity contribution in [2.45, 2.75) is 0 Å². The molecule has 0 fully saturated rings. The highest BCUT2D eigenvalue weighted by Gasteiger charge is 1.99. The monoisotopic (exact) mass is 180 g/mol. The number of anilines is 1. The number of carbonyl (C=O) groups is 2. The number of amides is 1. The molecule has 0 atom stereocenters. The molecule has 0 spiro atoms. The third-order valence-electron chi connectivity index (χ3n) is 1.39. The zero-order chi connectivity index (χ0) is 9.84. The van der Waals surface area contributed by atoms with Crippen molar-refractivity contribution in [3.05, 3.63) is 23.8 Å². The van der Waals surface area contributed by atoms with E-state index in [2.05, 4.69) is 0 Å². The highest BCUT2D eigenvalue weighted by molar-refractivity contribution is 5.86. The SMILES string of the molecule is O=Cc1cc(NC(=O)O)ccc1[O-]. The molecule has 0 aliphatic rings. The van der Waals surface area contributed by atoms with E-state index in [1.807, 2.05) is 5.32 Å². The Hall–Kier alpha value is -2.04. The van der Waals surface area contributed by atoms with Crippen LogP contribution in [0.25, 0.3) is 0 Å². The summed E-state index contributed by atoms with van der Waals surface area (Å²) in [4.78, 5) is 20.5. The molecule has 0 aliphatic heterocycles. The predicted octanol–water partition coefficient (Wildman–Crippen LogP) is 0.663. The topological polar surface area (TPSA) is 89.5 Å². The molecule has 1 aromatic carbocycles. The minimum Gasteiger partial charge on any atom is -0.872 e. The van der Waals surface area contributed by atoms with Crippen molar-refractivity contribution in [1.29, 1.82) is 0 Å². The Bertz CT molecular complexity index is 348. The van der Waals surface area contributed by atoms with Gasteiger partial charge in [-0.2, -0.15) is 0 Å². The number of hydrogen-bond donors (Lipinski definition) is 2.